The van der Waals surface area contributed by atoms with Gasteiger partial charge in [0, 0.05) is 6.04 Å². The lowest BCUT2D eigenvalue weighted by molar-refractivity contribution is 0.206. The number of hydrazine groups is 2. The van der Waals surface area contributed by atoms with Gasteiger partial charge < -0.3 is 0 Å². The third kappa shape index (κ3) is 1.76. The SMILES string of the molecule is CC(C)N1Nc2ccccc2N1C(C)(C)C. The summed E-state index contributed by atoms with van der Waals surface area (Å²) in [6.07, 6.45) is 0. The Hall–Kier alpha value is -1.22. The van der Waals surface area contributed by atoms with Crippen LogP contribution in [0.25, 0.3) is 0 Å². The molecule has 0 aromatic heterocycles. The highest BCUT2D eigenvalue weighted by molar-refractivity contribution is 5.73. The summed E-state index contributed by atoms with van der Waals surface area (Å²) >= 11 is 0. The molecule has 16 heavy (non-hydrogen) atoms. The van der Waals surface area contributed by atoms with Crippen molar-refractivity contribution >= 4 is 11.4 Å². The van der Waals surface area contributed by atoms with E-state index < -0.39 is 0 Å². The molecule has 0 amide bonds. The quantitative estimate of drug-likeness (QED) is 0.782. The van der Waals surface area contributed by atoms with Gasteiger partial charge in [0.25, 0.3) is 0 Å². The van der Waals surface area contributed by atoms with E-state index in [1.165, 1.54) is 11.4 Å². The van der Waals surface area contributed by atoms with Gasteiger partial charge in [0.1, 0.15) is 0 Å². The van der Waals surface area contributed by atoms with E-state index in [2.05, 4.69) is 74.4 Å². The van der Waals surface area contributed by atoms with Gasteiger partial charge in [0.15, 0.2) is 0 Å². The molecular formula is C13H21N3. The molecule has 0 aliphatic carbocycles. The molecule has 0 spiro atoms. The van der Waals surface area contributed by atoms with E-state index in [-0.39, 0.29) is 5.54 Å². The number of rotatable bonds is 1. The van der Waals surface area contributed by atoms with Crippen LogP contribution in [0.2, 0.25) is 0 Å². The van der Waals surface area contributed by atoms with E-state index in [4.69, 9.17) is 0 Å². The monoisotopic (exact) mass is 219 g/mol. The molecule has 0 saturated carbocycles. The molecule has 1 aromatic carbocycles. The van der Waals surface area contributed by atoms with Gasteiger partial charge in [-0.2, -0.15) is 0 Å². The third-order valence-electron chi connectivity index (χ3n) is 2.71. The van der Waals surface area contributed by atoms with Crippen molar-refractivity contribution in [2.75, 3.05) is 10.4 Å². The number of anilines is 2. The van der Waals surface area contributed by atoms with Crippen LogP contribution in [0.4, 0.5) is 11.4 Å². The summed E-state index contributed by atoms with van der Waals surface area (Å²) in [5.74, 6) is 0. The summed E-state index contributed by atoms with van der Waals surface area (Å²) < 4.78 is 0. The first kappa shape index (κ1) is 11.3. The minimum absolute atomic E-state index is 0.0733. The predicted molar refractivity (Wildman–Crippen MR) is 69.3 cm³/mol. The van der Waals surface area contributed by atoms with Crippen molar-refractivity contribution in [2.45, 2.75) is 46.2 Å². The van der Waals surface area contributed by atoms with E-state index in [9.17, 15) is 0 Å². The molecule has 1 N–H and O–H groups in total. The van der Waals surface area contributed by atoms with E-state index >= 15 is 0 Å². The summed E-state index contributed by atoms with van der Waals surface area (Å²) in [6.45, 7) is 11.1. The van der Waals surface area contributed by atoms with Crippen molar-refractivity contribution in [3.05, 3.63) is 24.3 Å². The molecule has 0 saturated heterocycles. The number of nitrogens with zero attached hydrogens (tertiary/aromatic N) is 2. The zero-order valence-corrected chi connectivity index (χ0v) is 10.8. The van der Waals surface area contributed by atoms with Crippen molar-refractivity contribution in [1.82, 2.24) is 5.12 Å². The molecule has 1 aliphatic heterocycles. The molecule has 1 aliphatic rings. The van der Waals surface area contributed by atoms with Crippen molar-refractivity contribution in [3.63, 3.8) is 0 Å². The Morgan fingerprint density at radius 2 is 1.75 bits per heavy atom. The Balaban J connectivity index is 2.44. The predicted octanol–water partition coefficient (Wildman–Crippen LogP) is 3.26. The molecule has 0 unspecified atom stereocenters. The molecule has 3 heteroatoms. The van der Waals surface area contributed by atoms with Gasteiger partial charge in [-0.25, -0.2) is 0 Å². The molecule has 1 heterocycles. The lowest BCUT2D eigenvalue weighted by Crippen LogP contribution is -2.54. The van der Waals surface area contributed by atoms with E-state index in [0.717, 1.165) is 0 Å². The first-order valence-electron chi connectivity index (χ1n) is 5.86. The van der Waals surface area contributed by atoms with Gasteiger partial charge in [-0.05, 0) is 46.8 Å². The van der Waals surface area contributed by atoms with Gasteiger partial charge in [-0.1, -0.05) is 12.1 Å². The standard InChI is InChI=1S/C13H21N3/c1-10(2)16-14-11-8-6-7-9-12(11)15(16)13(3,4)5/h6-10,14H,1-5H3. The van der Waals surface area contributed by atoms with Crippen molar-refractivity contribution in [2.24, 2.45) is 0 Å². The summed E-state index contributed by atoms with van der Waals surface area (Å²) in [5, 5.41) is 4.53. The molecule has 3 nitrogen and oxygen atoms in total. The average Bonchev–Trinajstić information content (AvgIpc) is 2.55. The number of hydrogen-bond donors (Lipinski definition) is 1. The third-order valence-corrected chi connectivity index (χ3v) is 2.71. The Bertz CT molecular complexity index is 379. The van der Waals surface area contributed by atoms with Crippen LogP contribution in [-0.2, 0) is 0 Å². The maximum Gasteiger partial charge on any atom is 0.0791 e. The Labute approximate surface area is 98.0 Å². The molecule has 1 aromatic rings. The van der Waals surface area contributed by atoms with Gasteiger partial charge in [-0.15, -0.1) is 5.12 Å². The first-order chi connectivity index (χ1) is 7.41. The highest BCUT2D eigenvalue weighted by Crippen LogP contribution is 2.38. The first-order valence-corrected chi connectivity index (χ1v) is 5.86. The van der Waals surface area contributed by atoms with Gasteiger partial charge >= 0.3 is 0 Å². The zero-order chi connectivity index (χ0) is 11.9. The molecule has 0 radical (unpaired) electrons. The minimum atomic E-state index is 0.0733. The average molecular weight is 219 g/mol. The van der Waals surface area contributed by atoms with E-state index in [1.807, 2.05) is 0 Å². The number of benzene rings is 1. The maximum absolute atomic E-state index is 3.45. The molecular weight excluding hydrogens is 198 g/mol. The van der Waals surface area contributed by atoms with Crippen LogP contribution in [-0.4, -0.2) is 16.7 Å². The Morgan fingerprint density at radius 3 is 2.31 bits per heavy atom. The summed E-state index contributed by atoms with van der Waals surface area (Å²) in [6, 6.07) is 8.86. The van der Waals surface area contributed by atoms with Crippen LogP contribution in [0.15, 0.2) is 24.3 Å². The second-order valence-corrected chi connectivity index (χ2v) is 5.55. The number of fused-ring (bicyclic) bond motifs is 1. The fourth-order valence-corrected chi connectivity index (χ4v) is 2.09. The van der Waals surface area contributed by atoms with Crippen molar-refractivity contribution in [1.29, 1.82) is 0 Å². The second kappa shape index (κ2) is 3.67. The highest BCUT2D eigenvalue weighted by atomic mass is 15.8. The van der Waals surface area contributed by atoms with E-state index in [1.54, 1.807) is 0 Å². The second-order valence-electron chi connectivity index (χ2n) is 5.55. The molecule has 0 atom stereocenters. The maximum atomic E-state index is 3.45. The van der Waals surface area contributed by atoms with Crippen LogP contribution in [0.5, 0.6) is 0 Å². The minimum Gasteiger partial charge on any atom is -0.299 e. The lowest BCUT2D eigenvalue weighted by Gasteiger charge is -2.41. The molecule has 0 fully saturated rings. The smallest absolute Gasteiger partial charge is 0.0791 e. The van der Waals surface area contributed by atoms with Gasteiger partial charge in [-0.3, -0.25) is 10.4 Å². The fourth-order valence-electron chi connectivity index (χ4n) is 2.09. The molecule has 0 bridgehead atoms. The zero-order valence-electron chi connectivity index (χ0n) is 10.8. The van der Waals surface area contributed by atoms with Crippen LogP contribution < -0.4 is 10.4 Å². The summed E-state index contributed by atoms with van der Waals surface area (Å²) in [5.41, 5.74) is 5.96. The Morgan fingerprint density at radius 1 is 1.12 bits per heavy atom. The van der Waals surface area contributed by atoms with E-state index in [0.29, 0.717) is 6.04 Å². The number of hydrogen-bond acceptors (Lipinski definition) is 3. The topological polar surface area (TPSA) is 18.5 Å². The number of nitrogens with one attached hydrogen (secondary N) is 1. The van der Waals surface area contributed by atoms with Crippen LogP contribution in [0.3, 0.4) is 0 Å². The van der Waals surface area contributed by atoms with Gasteiger partial charge in [0.05, 0.1) is 16.9 Å². The highest BCUT2D eigenvalue weighted by Gasteiger charge is 2.35. The van der Waals surface area contributed by atoms with Crippen LogP contribution in [0, 0.1) is 0 Å². The summed E-state index contributed by atoms with van der Waals surface area (Å²) in [7, 11) is 0. The Kier molecular flexibility index (Phi) is 2.58. The van der Waals surface area contributed by atoms with Crippen LogP contribution in [0.1, 0.15) is 34.6 Å². The van der Waals surface area contributed by atoms with Crippen LogP contribution >= 0.6 is 0 Å². The fraction of sp³-hybridized carbons (Fsp3) is 0.538. The van der Waals surface area contributed by atoms with Gasteiger partial charge in [0.2, 0.25) is 0 Å². The van der Waals surface area contributed by atoms with Crippen molar-refractivity contribution in [3.8, 4) is 0 Å². The normalized spacial score (nSPS) is 16.5. The molecule has 88 valence electrons. The lowest BCUT2D eigenvalue weighted by atomic mass is 10.1. The number of para-hydroxylation sites is 2. The largest absolute Gasteiger partial charge is 0.299 e. The summed E-state index contributed by atoms with van der Waals surface area (Å²) in [4.78, 5) is 0. The molecule has 2 rings (SSSR count). The van der Waals surface area contributed by atoms with Crippen molar-refractivity contribution < 1.29 is 0 Å².